The van der Waals surface area contributed by atoms with E-state index in [1.54, 1.807) is 12.3 Å². The lowest BCUT2D eigenvalue weighted by molar-refractivity contribution is -0.0812. The molecule has 0 aromatic carbocycles. The zero-order valence-corrected chi connectivity index (χ0v) is 18.1. The van der Waals surface area contributed by atoms with Crippen LogP contribution < -0.4 is 10.1 Å². The molecule has 0 saturated carbocycles. The van der Waals surface area contributed by atoms with Gasteiger partial charge in [-0.2, -0.15) is 10.2 Å². The molecule has 0 spiro atoms. The van der Waals surface area contributed by atoms with Crippen LogP contribution in [0.2, 0.25) is 0 Å². The number of nitrogens with zero attached hydrogens (tertiary/aromatic N) is 6. The van der Waals surface area contributed by atoms with Gasteiger partial charge in [0.05, 0.1) is 49.6 Å². The maximum Gasteiger partial charge on any atom is 0.257 e. The Morgan fingerprint density at radius 1 is 1.27 bits per heavy atom. The first kappa shape index (κ1) is 21.9. The molecule has 1 unspecified atom stereocenters. The van der Waals surface area contributed by atoms with Gasteiger partial charge in [-0.1, -0.05) is 6.92 Å². The molecule has 3 aromatic heterocycles. The van der Waals surface area contributed by atoms with E-state index < -0.39 is 5.24 Å². The summed E-state index contributed by atoms with van der Waals surface area (Å²) in [7, 11) is 17.4. The van der Waals surface area contributed by atoms with Gasteiger partial charge in [-0.05, 0) is 17.7 Å². The number of rotatable bonds is 6. The Morgan fingerprint density at radius 2 is 2.09 bits per heavy atom. The summed E-state index contributed by atoms with van der Waals surface area (Å²) in [5.74, 6) is 0.795. The summed E-state index contributed by atoms with van der Waals surface area (Å²) in [6.07, 6.45) is 3.87. The SMILES string of the molecule is [B]C([B])([B])n1cc(Nc2ncc3cc(C#N)n(C4CCOC[C@H]4C)c3n2)c(OC2COC2)n1. The number of nitriles is 1. The second-order valence-electron chi connectivity index (χ2n) is 8.47. The van der Waals surface area contributed by atoms with Gasteiger partial charge in [-0.3, -0.25) is 4.68 Å². The second-order valence-corrected chi connectivity index (χ2v) is 8.47. The Kier molecular flexibility index (Phi) is 5.58. The summed E-state index contributed by atoms with van der Waals surface area (Å²) in [5, 5.41) is 16.2. The molecule has 3 aromatic rings. The lowest BCUT2D eigenvalue weighted by atomic mass is 9.49. The van der Waals surface area contributed by atoms with Crippen molar-refractivity contribution >= 4 is 46.2 Å². The molecule has 10 nitrogen and oxygen atoms in total. The van der Waals surface area contributed by atoms with Crippen LogP contribution >= 0.6 is 0 Å². The fraction of sp³-hybridized carbons (Fsp3) is 0.500. The number of hydrogen-bond donors (Lipinski definition) is 1. The van der Waals surface area contributed by atoms with Crippen molar-refractivity contribution in [2.45, 2.75) is 30.7 Å². The number of aromatic nitrogens is 5. The molecular formula is C20H20B3N7O3. The Bertz CT molecular complexity index is 1210. The zero-order chi connectivity index (χ0) is 23.2. The van der Waals surface area contributed by atoms with Crippen LogP contribution in [0.15, 0.2) is 18.5 Å². The number of ether oxygens (including phenoxy) is 3. The second kappa shape index (κ2) is 8.43. The fourth-order valence-electron chi connectivity index (χ4n) is 4.03. The van der Waals surface area contributed by atoms with Crippen molar-refractivity contribution in [3.05, 3.63) is 24.2 Å². The molecule has 0 amide bonds. The summed E-state index contributed by atoms with van der Waals surface area (Å²) in [4.78, 5) is 9.11. The number of nitrogens with one attached hydrogen (secondary N) is 1. The Balaban J connectivity index is 1.51. The Hall–Kier alpha value is -2.97. The van der Waals surface area contributed by atoms with Crippen molar-refractivity contribution in [3.8, 4) is 11.9 Å². The summed E-state index contributed by atoms with van der Waals surface area (Å²) in [5.41, 5.74) is 1.65. The third-order valence-corrected chi connectivity index (χ3v) is 5.83. The molecule has 5 rings (SSSR count). The van der Waals surface area contributed by atoms with E-state index >= 15 is 0 Å². The van der Waals surface area contributed by atoms with Crippen LogP contribution in [0.1, 0.15) is 25.1 Å². The molecule has 2 atom stereocenters. The van der Waals surface area contributed by atoms with Crippen molar-refractivity contribution in [3.63, 3.8) is 0 Å². The lowest BCUT2D eigenvalue weighted by Gasteiger charge is -2.31. The standard InChI is InChI=1S/C20H20B3N7O3/c1-11-8-31-3-2-16(11)30-13(5-24)4-12-6-25-19(27-17(12)30)26-15-7-29(20(21,22)23)28-18(15)33-14-9-32-10-14/h4,6-7,11,14,16H,2-3,8-10H2,1H3,(H,25,26,27)/t11-,16?/m1/s1. The largest absolute Gasteiger partial charge is 0.467 e. The normalized spacial score (nSPS) is 21.5. The summed E-state index contributed by atoms with van der Waals surface area (Å²) >= 11 is 0. The Labute approximate surface area is 194 Å². The molecule has 13 heteroatoms. The van der Waals surface area contributed by atoms with Crippen molar-refractivity contribution in [2.75, 3.05) is 31.7 Å². The van der Waals surface area contributed by atoms with Crippen LogP contribution in [0.25, 0.3) is 11.0 Å². The van der Waals surface area contributed by atoms with E-state index in [0.29, 0.717) is 49.4 Å². The average Bonchev–Trinajstić information content (AvgIpc) is 3.32. The zero-order valence-electron chi connectivity index (χ0n) is 18.1. The lowest BCUT2D eigenvalue weighted by Crippen LogP contribution is -2.39. The van der Waals surface area contributed by atoms with Gasteiger partial charge < -0.3 is 24.1 Å². The molecule has 2 saturated heterocycles. The van der Waals surface area contributed by atoms with E-state index in [1.165, 1.54) is 10.9 Å². The van der Waals surface area contributed by atoms with Gasteiger partial charge >= 0.3 is 0 Å². The summed E-state index contributed by atoms with van der Waals surface area (Å²) in [6.45, 7) is 4.30. The van der Waals surface area contributed by atoms with E-state index in [9.17, 15) is 5.26 Å². The minimum Gasteiger partial charge on any atom is -0.467 e. The Morgan fingerprint density at radius 3 is 2.76 bits per heavy atom. The highest BCUT2D eigenvalue weighted by molar-refractivity contribution is 6.56. The van der Waals surface area contributed by atoms with E-state index in [1.807, 2.05) is 4.57 Å². The summed E-state index contributed by atoms with van der Waals surface area (Å²) < 4.78 is 19.8. The summed E-state index contributed by atoms with van der Waals surface area (Å²) in [6, 6.07) is 4.18. The van der Waals surface area contributed by atoms with Gasteiger partial charge in [0.2, 0.25) is 5.95 Å². The molecular weight excluding hydrogens is 419 g/mol. The van der Waals surface area contributed by atoms with Gasteiger partial charge in [0, 0.05) is 30.1 Å². The van der Waals surface area contributed by atoms with Gasteiger partial charge in [0.1, 0.15) is 29.2 Å². The van der Waals surface area contributed by atoms with Gasteiger partial charge in [-0.25, -0.2) is 4.98 Å². The van der Waals surface area contributed by atoms with Gasteiger partial charge in [-0.15, -0.1) is 5.10 Å². The quantitative estimate of drug-likeness (QED) is 0.559. The predicted octanol–water partition coefficient (Wildman–Crippen LogP) is 0.691. The molecule has 0 bridgehead atoms. The van der Waals surface area contributed by atoms with Crippen molar-refractivity contribution < 1.29 is 14.2 Å². The van der Waals surface area contributed by atoms with Gasteiger partial charge in [0.25, 0.3) is 5.88 Å². The molecule has 162 valence electrons. The molecule has 6 radical (unpaired) electrons. The number of anilines is 2. The molecule has 2 aliphatic rings. The first-order chi connectivity index (χ1) is 15.8. The molecule has 1 N–H and O–H groups in total. The maximum absolute atomic E-state index is 9.73. The highest BCUT2D eigenvalue weighted by Crippen LogP contribution is 2.33. The molecule has 2 fully saturated rings. The third kappa shape index (κ3) is 4.21. The average molecular weight is 439 g/mol. The highest BCUT2D eigenvalue weighted by atomic mass is 16.6. The number of hydrogen-bond acceptors (Lipinski definition) is 8. The minimum absolute atomic E-state index is 0.0984. The molecule has 5 heterocycles. The first-order valence-electron chi connectivity index (χ1n) is 10.7. The first-order valence-corrected chi connectivity index (χ1v) is 10.7. The van der Waals surface area contributed by atoms with E-state index in [0.717, 1.165) is 11.8 Å². The van der Waals surface area contributed by atoms with Crippen molar-refractivity contribution in [2.24, 2.45) is 5.92 Å². The van der Waals surface area contributed by atoms with Crippen LogP contribution in [0, 0.1) is 17.2 Å². The highest BCUT2D eigenvalue weighted by Gasteiger charge is 2.28. The van der Waals surface area contributed by atoms with Crippen LogP contribution in [-0.2, 0) is 14.7 Å². The predicted molar refractivity (Wildman–Crippen MR) is 122 cm³/mol. The van der Waals surface area contributed by atoms with Crippen molar-refractivity contribution in [1.82, 2.24) is 24.3 Å². The third-order valence-electron chi connectivity index (χ3n) is 5.83. The maximum atomic E-state index is 9.73. The van der Waals surface area contributed by atoms with Gasteiger partial charge in [0.15, 0.2) is 0 Å². The van der Waals surface area contributed by atoms with Crippen LogP contribution in [0.5, 0.6) is 5.88 Å². The molecule has 33 heavy (non-hydrogen) atoms. The van der Waals surface area contributed by atoms with Crippen LogP contribution in [0.3, 0.4) is 0 Å². The van der Waals surface area contributed by atoms with E-state index in [-0.39, 0.29) is 23.9 Å². The molecule has 0 aliphatic carbocycles. The van der Waals surface area contributed by atoms with Crippen molar-refractivity contribution in [1.29, 1.82) is 5.26 Å². The van der Waals surface area contributed by atoms with Crippen LogP contribution in [0.4, 0.5) is 11.6 Å². The topological polar surface area (TPSA) is 112 Å². The monoisotopic (exact) mass is 439 g/mol. The minimum atomic E-state index is -1.71. The number of fused-ring (bicyclic) bond motifs is 1. The molecule has 2 aliphatic heterocycles. The van der Waals surface area contributed by atoms with Crippen LogP contribution in [-0.4, -0.2) is 80.4 Å². The smallest absolute Gasteiger partial charge is 0.257 e. The fourth-order valence-corrected chi connectivity index (χ4v) is 4.03. The van der Waals surface area contributed by atoms with E-state index in [2.05, 4.69) is 28.4 Å². The van der Waals surface area contributed by atoms with E-state index in [4.69, 9.17) is 42.7 Å².